The molecule has 3 amide bonds. The summed E-state index contributed by atoms with van der Waals surface area (Å²) >= 11 is 5.90. The molecule has 2 aromatic carbocycles. The third-order valence-electron chi connectivity index (χ3n) is 4.59. The van der Waals surface area contributed by atoms with Crippen LogP contribution in [0.1, 0.15) is 49.6 Å². The molecule has 2 aromatic rings. The number of hydrogen-bond acceptors (Lipinski definition) is 3. The van der Waals surface area contributed by atoms with Gasteiger partial charge in [-0.05, 0) is 42.8 Å². The molecule has 3 rings (SSSR count). The van der Waals surface area contributed by atoms with E-state index in [1.54, 1.807) is 30.1 Å². The Balaban J connectivity index is 1.87. The smallest absolute Gasteiger partial charge is 0.261 e. The van der Waals surface area contributed by atoms with Gasteiger partial charge < -0.3 is 4.90 Å². The van der Waals surface area contributed by atoms with Crippen LogP contribution >= 0.6 is 11.6 Å². The summed E-state index contributed by atoms with van der Waals surface area (Å²) in [4.78, 5) is 39.5. The van der Waals surface area contributed by atoms with Crippen molar-refractivity contribution in [3.05, 3.63) is 69.7 Å². The Morgan fingerprint density at radius 2 is 1.64 bits per heavy atom. The number of carbonyl (C=O) groups is 3. The molecule has 25 heavy (non-hydrogen) atoms. The second kappa shape index (κ2) is 6.33. The lowest BCUT2D eigenvalue weighted by molar-refractivity contribution is 0.0692. The zero-order valence-electron chi connectivity index (χ0n) is 14.1. The minimum atomic E-state index is -0.386. The summed E-state index contributed by atoms with van der Waals surface area (Å²) in [7, 11) is 3.13. The molecule has 6 heteroatoms. The zero-order valence-corrected chi connectivity index (χ0v) is 14.9. The summed E-state index contributed by atoms with van der Waals surface area (Å²) in [5.41, 5.74) is 1.93. The van der Waals surface area contributed by atoms with Crippen LogP contribution in [0.5, 0.6) is 0 Å². The first-order valence-electron chi connectivity index (χ1n) is 7.80. The lowest BCUT2D eigenvalue weighted by atomic mass is 10.0. The van der Waals surface area contributed by atoms with Crippen molar-refractivity contribution < 1.29 is 14.4 Å². The van der Waals surface area contributed by atoms with Crippen LogP contribution < -0.4 is 0 Å². The first-order chi connectivity index (χ1) is 11.8. The van der Waals surface area contributed by atoms with E-state index in [1.165, 1.54) is 19.2 Å². The summed E-state index contributed by atoms with van der Waals surface area (Å²) in [5, 5.41) is 0.635. The second-order valence-corrected chi connectivity index (χ2v) is 6.51. The van der Waals surface area contributed by atoms with Crippen LogP contribution in [0.2, 0.25) is 5.02 Å². The highest BCUT2D eigenvalue weighted by Crippen LogP contribution is 2.26. The minimum absolute atomic E-state index is 0.168. The van der Waals surface area contributed by atoms with Crippen molar-refractivity contribution in [1.29, 1.82) is 0 Å². The van der Waals surface area contributed by atoms with Crippen molar-refractivity contribution in [3.63, 3.8) is 0 Å². The van der Waals surface area contributed by atoms with E-state index in [9.17, 15) is 14.4 Å². The molecular weight excluding hydrogens is 340 g/mol. The van der Waals surface area contributed by atoms with Crippen LogP contribution in [0.3, 0.4) is 0 Å². The van der Waals surface area contributed by atoms with Gasteiger partial charge in [-0.2, -0.15) is 0 Å². The van der Waals surface area contributed by atoms with E-state index >= 15 is 0 Å². The normalized spacial score (nSPS) is 14.5. The molecule has 5 nitrogen and oxygen atoms in total. The Labute approximate surface area is 150 Å². The number of fused-ring (bicyclic) bond motifs is 1. The largest absolute Gasteiger partial charge is 0.335 e. The Bertz CT molecular complexity index is 877. The molecule has 1 aliphatic rings. The van der Waals surface area contributed by atoms with Crippen molar-refractivity contribution in [2.45, 2.75) is 13.0 Å². The van der Waals surface area contributed by atoms with Gasteiger partial charge in [0.25, 0.3) is 17.7 Å². The second-order valence-electron chi connectivity index (χ2n) is 6.07. The Hall–Kier alpha value is -2.66. The molecule has 128 valence electrons. The molecule has 0 bridgehead atoms. The number of amides is 3. The predicted molar refractivity (Wildman–Crippen MR) is 94.8 cm³/mol. The topological polar surface area (TPSA) is 57.7 Å². The molecule has 1 aliphatic heterocycles. The SMILES string of the molecule is CC(c1ccc(Cl)cc1)N(C)C(=O)c1ccc2c(c1)C(=O)N(C)C2=O. The van der Waals surface area contributed by atoms with Crippen LogP contribution in [0.15, 0.2) is 42.5 Å². The molecule has 1 unspecified atom stereocenters. The highest BCUT2D eigenvalue weighted by molar-refractivity contribution is 6.30. The van der Waals surface area contributed by atoms with Crippen molar-refractivity contribution in [3.8, 4) is 0 Å². The summed E-state index contributed by atoms with van der Waals surface area (Å²) in [6, 6.07) is 11.7. The Kier molecular flexibility index (Phi) is 4.35. The molecule has 0 aromatic heterocycles. The van der Waals surface area contributed by atoms with Crippen molar-refractivity contribution in [2.75, 3.05) is 14.1 Å². The van der Waals surface area contributed by atoms with E-state index in [1.807, 2.05) is 19.1 Å². The Morgan fingerprint density at radius 3 is 2.28 bits per heavy atom. The molecule has 0 radical (unpaired) electrons. The predicted octanol–water partition coefficient (Wildman–Crippen LogP) is 3.40. The lowest BCUT2D eigenvalue weighted by Crippen LogP contribution is -2.29. The molecule has 1 atom stereocenters. The summed E-state index contributed by atoms with van der Waals surface area (Å²) in [5.74, 6) is -0.954. The maximum absolute atomic E-state index is 12.8. The van der Waals surface area contributed by atoms with Crippen LogP contribution in [0.25, 0.3) is 0 Å². The fraction of sp³-hybridized carbons (Fsp3) is 0.211. The van der Waals surface area contributed by atoms with Gasteiger partial charge in [-0.15, -0.1) is 0 Å². The van der Waals surface area contributed by atoms with Gasteiger partial charge in [-0.25, -0.2) is 0 Å². The first-order valence-corrected chi connectivity index (χ1v) is 8.18. The standard InChI is InChI=1S/C19H17ClN2O3/c1-11(12-4-7-14(20)8-5-12)21(2)17(23)13-6-9-15-16(10-13)19(25)22(3)18(15)24/h4-11H,1-3H3. The van der Waals surface area contributed by atoms with Gasteiger partial charge in [-0.1, -0.05) is 23.7 Å². The maximum Gasteiger partial charge on any atom is 0.261 e. The van der Waals surface area contributed by atoms with E-state index < -0.39 is 0 Å². The number of rotatable bonds is 3. The average molecular weight is 357 g/mol. The number of imide groups is 1. The number of halogens is 1. The van der Waals surface area contributed by atoms with Crippen molar-refractivity contribution in [2.24, 2.45) is 0 Å². The van der Waals surface area contributed by atoms with E-state index in [0.717, 1.165) is 10.5 Å². The van der Waals surface area contributed by atoms with Crippen molar-refractivity contribution >= 4 is 29.3 Å². The highest BCUT2D eigenvalue weighted by atomic mass is 35.5. The molecule has 0 saturated heterocycles. The van der Waals surface area contributed by atoms with Crippen LogP contribution in [0, 0.1) is 0 Å². The van der Waals surface area contributed by atoms with E-state index in [0.29, 0.717) is 16.1 Å². The monoisotopic (exact) mass is 356 g/mol. The fourth-order valence-corrected chi connectivity index (χ4v) is 2.96. The molecule has 1 heterocycles. The van der Waals surface area contributed by atoms with Gasteiger partial charge in [-0.3, -0.25) is 19.3 Å². The number of carbonyl (C=O) groups excluding carboxylic acids is 3. The number of benzene rings is 2. The zero-order chi connectivity index (χ0) is 18.3. The van der Waals surface area contributed by atoms with Gasteiger partial charge in [0.2, 0.25) is 0 Å². The highest BCUT2D eigenvalue weighted by Gasteiger charge is 2.33. The molecule has 0 fully saturated rings. The summed E-state index contributed by atoms with van der Waals surface area (Å²) in [6.07, 6.45) is 0. The number of nitrogens with zero attached hydrogens (tertiary/aromatic N) is 2. The van der Waals surface area contributed by atoms with E-state index in [2.05, 4.69) is 0 Å². The average Bonchev–Trinajstić information content (AvgIpc) is 2.84. The molecule has 0 N–H and O–H groups in total. The third-order valence-corrected chi connectivity index (χ3v) is 4.84. The van der Waals surface area contributed by atoms with Gasteiger partial charge in [0.15, 0.2) is 0 Å². The fourth-order valence-electron chi connectivity index (χ4n) is 2.84. The van der Waals surface area contributed by atoms with Crippen LogP contribution in [0.4, 0.5) is 0 Å². The third kappa shape index (κ3) is 2.91. The van der Waals surface area contributed by atoms with Gasteiger partial charge in [0.1, 0.15) is 0 Å². The summed E-state index contributed by atoms with van der Waals surface area (Å²) < 4.78 is 0. The van der Waals surface area contributed by atoms with Crippen molar-refractivity contribution in [1.82, 2.24) is 9.80 Å². The van der Waals surface area contributed by atoms with Gasteiger partial charge in [0.05, 0.1) is 17.2 Å². The quantitative estimate of drug-likeness (QED) is 0.792. The van der Waals surface area contributed by atoms with E-state index in [-0.39, 0.29) is 29.3 Å². The minimum Gasteiger partial charge on any atom is -0.335 e. The van der Waals surface area contributed by atoms with Gasteiger partial charge in [0, 0.05) is 24.7 Å². The molecular formula is C19H17ClN2O3. The number of hydrogen-bond donors (Lipinski definition) is 0. The lowest BCUT2D eigenvalue weighted by Gasteiger charge is -2.25. The summed E-state index contributed by atoms with van der Waals surface area (Å²) in [6.45, 7) is 1.91. The van der Waals surface area contributed by atoms with Crippen LogP contribution in [-0.4, -0.2) is 41.6 Å². The molecule has 0 spiro atoms. The molecule has 0 saturated carbocycles. The van der Waals surface area contributed by atoms with Gasteiger partial charge >= 0.3 is 0 Å². The van der Waals surface area contributed by atoms with Crippen LogP contribution in [-0.2, 0) is 0 Å². The first kappa shape index (κ1) is 17.2. The maximum atomic E-state index is 12.8. The Morgan fingerprint density at radius 1 is 1.04 bits per heavy atom. The van der Waals surface area contributed by atoms with E-state index in [4.69, 9.17) is 11.6 Å². The molecule has 0 aliphatic carbocycles.